The lowest BCUT2D eigenvalue weighted by atomic mass is 9.82. The molecule has 3 atom stereocenters. The van der Waals surface area contributed by atoms with E-state index in [9.17, 15) is 22.4 Å². The lowest BCUT2D eigenvalue weighted by Gasteiger charge is -2.23. The van der Waals surface area contributed by atoms with Crippen LogP contribution in [0.1, 0.15) is 31.7 Å². The summed E-state index contributed by atoms with van der Waals surface area (Å²) in [5.74, 6) is -9.67. The highest BCUT2D eigenvalue weighted by atomic mass is 19.2. The van der Waals surface area contributed by atoms with Gasteiger partial charge in [-0.3, -0.25) is 4.79 Å². The third kappa shape index (κ3) is 3.72. The summed E-state index contributed by atoms with van der Waals surface area (Å²) in [4.78, 5) is 10.9. The number of benzene rings is 1. The van der Waals surface area contributed by atoms with Crippen molar-refractivity contribution in [1.82, 2.24) is 0 Å². The quantitative estimate of drug-likeness (QED) is 0.482. The molecule has 21 heavy (non-hydrogen) atoms. The number of halogens is 4. The summed E-state index contributed by atoms with van der Waals surface area (Å²) in [5.41, 5.74) is 5.01. The maximum absolute atomic E-state index is 13.7. The van der Waals surface area contributed by atoms with E-state index in [-0.39, 0.29) is 18.5 Å². The molecule has 3 nitrogen and oxygen atoms in total. The molecule has 1 aromatic carbocycles. The second-order valence-electron chi connectivity index (χ2n) is 5.16. The van der Waals surface area contributed by atoms with Crippen LogP contribution >= 0.6 is 0 Å². The highest BCUT2D eigenvalue weighted by molar-refractivity contribution is 5.70. The van der Waals surface area contributed by atoms with E-state index in [2.05, 4.69) is 0 Å². The Bertz CT molecular complexity index is 536. The van der Waals surface area contributed by atoms with Crippen LogP contribution in [0.3, 0.4) is 0 Å². The number of rotatable bonds is 6. The van der Waals surface area contributed by atoms with E-state index >= 15 is 0 Å². The van der Waals surface area contributed by atoms with E-state index in [0.717, 1.165) is 0 Å². The minimum absolute atomic E-state index is 0.0962. The van der Waals surface area contributed by atoms with E-state index in [4.69, 9.17) is 10.8 Å². The number of aliphatic carboxylic acids is 1. The van der Waals surface area contributed by atoms with Gasteiger partial charge in [0.15, 0.2) is 23.3 Å². The monoisotopic (exact) mass is 307 g/mol. The lowest BCUT2D eigenvalue weighted by molar-refractivity contribution is -0.142. The standard InChI is InChI=1S/C14H17F4NO2/c1-6(3-8(5-19)14(20)21)7(2)9-4-10(15)12(17)13(18)11(9)16/h4,6-8H,3,5,19H2,1-2H3,(H,20,21). The second-order valence-corrected chi connectivity index (χ2v) is 5.16. The van der Waals surface area contributed by atoms with Crippen LogP contribution < -0.4 is 5.73 Å². The van der Waals surface area contributed by atoms with Crippen molar-refractivity contribution in [3.63, 3.8) is 0 Å². The van der Waals surface area contributed by atoms with Crippen LogP contribution in [0, 0.1) is 35.1 Å². The fraction of sp³-hybridized carbons (Fsp3) is 0.500. The summed E-state index contributed by atoms with van der Waals surface area (Å²) in [5, 5.41) is 8.93. The van der Waals surface area contributed by atoms with E-state index < -0.39 is 47.0 Å². The lowest BCUT2D eigenvalue weighted by Crippen LogP contribution is -2.26. The van der Waals surface area contributed by atoms with Crippen LogP contribution in [0.5, 0.6) is 0 Å². The number of carboxylic acid groups (broad SMARTS) is 1. The number of nitrogens with two attached hydrogens (primary N) is 1. The average molecular weight is 307 g/mol. The maximum atomic E-state index is 13.7. The summed E-state index contributed by atoms with van der Waals surface area (Å²) in [7, 11) is 0. The molecule has 0 aliphatic heterocycles. The molecule has 7 heteroatoms. The predicted octanol–water partition coefficient (Wildman–Crippen LogP) is 3.03. The molecule has 118 valence electrons. The van der Waals surface area contributed by atoms with E-state index in [1.54, 1.807) is 6.92 Å². The van der Waals surface area contributed by atoms with Gasteiger partial charge in [0.2, 0.25) is 0 Å². The molecule has 0 spiro atoms. The van der Waals surface area contributed by atoms with Crippen LogP contribution in [-0.4, -0.2) is 17.6 Å². The highest BCUT2D eigenvalue weighted by Crippen LogP contribution is 2.32. The van der Waals surface area contributed by atoms with Crippen molar-refractivity contribution in [2.75, 3.05) is 6.54 Å². The van der Waals surface area contributed by atoms with Gasteiger partial charge in [0.05, 0.1) is 5.92 Å². The summed E-state index contributed by atoms with van der Waals surface area (Å²) in [6.45, 7) is 3.02. The molecule has 3 unspecified atom stereocenters. The van der Waals surface area contributed by atoms with Crippen molar-refractivity contribution in [2.45, 2.75) is 26.2 Å². The maximum Gasteiger partial charge on any atom is 0.307 e. The highest BCUT2D eigenvalue weighted by Gasteiger charge is 2.27. The fourth-order valence-electron chi connectivity index (χ4n) is 2.18. The summed E-state index contributed by atoms with van der Waals surface area (Å²) in [6, 6.07) is 0.604. The first-order chi connectivity index (χ1) is 9.70. The molecule has 3 N–H and O–H groups in total. The molecule has 0 aliphatic carbocycles. The summed E-state index contributed by atoms with van der Waals surface area (Å²) < 4.78 is 53.1. The van der Waals surface area contributed by atoms with Crippen molar-refractivity contribution < 1.29 is 27.5 Å². The van der Waals surface area contributed by atoms with Crippen molar-refractivity contribution in [3.8, 4) is 0 Å². The van der Waals surface area contributed by atoms with Crippen LogP contribution in [-0.2, 0) is 4.79 Å². The van der Waals surface area contributed by atoms with Gasteiger partial charge in [-0.15, -0.1) is 0 Å². The molecule has 1 rings (SSSR count). The van der Waals surface area contributed by atoms with Gasteiger partial charge < -0.3 is 10.8 Å². The Hall–Kier alpha value is -1.63. The molecule has 0 bridgehead atoms. The number of hydrogen-bond acceptors (Lipinski definition) is 2. The molecular weight excluding hydrogens is 290 g/mol. The third-order valence-corrected chi connectivity index (χ3v) is 3.76. The number of carbonyl (C=O) groups is 1. The van der Waals surface area contributed by atoms with Crippen molar-refractivity contribution >= 4 is 5.97 Å². The average Bonchev–Trinajstić information content (AvgIpc) is 2.44. The largest absolute Gasteiger partial charge is 0.481 e. The predicted molar refractivity (Wildman–Crippen MR) is 68.7 cm³/mol. The van der Waals surface area contributed by atoms with Gasteiger partial charge in [-0.2, -0.15) is 0 Å². The zero-order valence-electron chi connectivity index (χ0n) is 11.7. The van der Waals surface area contributed by atoms with Crippen LogP contribution in [0.2, 0.25) is 0 Å². The van der Waals surface area contributed by atoms with Crippen LogP contribution in [0.4, 0.5) is 17.6 Å². The summed E-state index contributed by atoms with van der Waals surface area (Å²) in [6.07, 6.45) is 0.118. The van der Waals surface area contributed by atoms with Gasteiger partial charge in [-0.25, -0.2) is 17.6 Å². The van der Waals surface area contributed by atoms with Gasteiger partial charge in [0.1, 0.15) is 0 Å². The van der Waals surface area contributed by atoms with Crippen molar-refractivity contribution in [2.24, 2.45) is 17.6 Å². The smallest absolute Gasteiger partial charge is 0.307 e. The Labute approximate surface area is 119 Å². The van der Waals surface area contributed by atoms with Gasteiger partial charge in [0, 0.05) is 6.54 Å². The molecule has 0 amide bonds. The Morgan fingerprint density at radius 3 is 2.24 bits per heavy atom. The van der Waals surface area contributed by atoms with E-state index in [1.807, 2.05) is 0 Å². The summed E-state index contributed by atoms with van der Waals surface area (Å²) >= 11 is 0. The van der Waals surface area contributed by atoms with Gasteiger partial charge >= 0.3 is 5.97 Å². The van der Waals surface area contributed by atoms with E-state index in [0.29, 0.717) is 6.07 Å². The molecule has 1 aromatic rings. The van der Waals surface area contributed by atoms with Gasteiger partial charge in [-0.05, 0) is 29.9 Å². The first-order valence-corrected chi connectivity index (χ1v) is 6.46. The zero-order valence-corrected chi connectivity index (χ0v) is 11.7. The van der Waals surface area contributed by atoms with Gasteiger partial charge in [-0.1, -0.05) is 13.8 Å². The zero-order chi connectivity index (χ0) is 16.3. The SMILES string of the molecule is CC(CC(CN)C(=O)O)C(C)c1cc(F)c(F)c(F)c1F. The van der Waals surface area contributed by atoms with Crippen LogP contribution in [0.15, 0.2) is 6.07 Å². The minimum Gasteiger partial charge on any atom is -0.481 e. The normalized spacial score (nSPS) is 15.6. The molecule has 0 aliphatic rings. The second kappa shape index (κ2) is 6.89. The first kappa shape index (κ1) is 17.4. The molecule has 0 fully saturated rings. The minimum atomic E-state index is -1.86. The third-order valence-electron chi connectivity index (χ3n) is 3.76. The Morgan fingerprint density at radius 1 is 1.19 bits per heavy atom. The topological polar surface area (TPSA) is 63.3 Å². The number of hydrogen-bond donors (Lipinski definition) is 2. The molecule has 0 aromatic heterocycles. The van der Waals surface area contributed by atoms with Crippen molar-refractivity contribution in [1.29, 1.82) is 0 Å². The molecular formula is C14H17F4NO2. The Balaban J connectivity index is 3.03. The number of carboxylic acids is 1. The molecule has 0 radical (unpaired) electrons. The molecule has 0 saturated heterocycles. The molecule has 0 saturated carbocycles. The first-order valence-electron chi connectivity index (χ1n) is 6.46. The fourth-order valence-corrected chi connectivity index (χ4v) is 2.18. The van der Waals surface area contributed by atoms with Crippen molar-refractivity contribution in [3.05, 3.63) is 34.9 Å². The van der Waals surface area contributed by atoms with E-state index in [1.165, 1.54) is 6.92 Å². The van der Waals surface area contributed by atoms with Crippen LogP contribution in [0.25, 0.3) is 0 Å². The Kier molecular flexibility index (Phi) is 5.71. The molecule has 0 heterocycles. The Morgan fingerprint density at radius 2 is 1.76 bits per heavy atom. The van der Waals surface area contributed by atoms with Gasteiger partial charge in [0.25, 0.3) is 0 Å².